The normalized spacial score (nSPS) is 11.2. The summed E-state index contributed by atoms with van der Waals surface area (Å²) in [5.41, 5.74) is 4.08. The maximum Gasteiger partial charge on any atom is 0.252 e. The van der Waals surface area contributed by atoms with E-state index in [9.17, 15) is 9.59 Å². The fourth-order valence-corrected chi connectivity index (χ4v) is 2.90. The lowest BCUT2D eigenvalue weighted by Crippen LogP contribution is -2.20. The number of aryl methyl sites for hydroxylation is 2. The van der Waals surface area contributed by atoms with Gasteiger partial charge in [-0.3, -0.25) is 14.2 Å². The first-order valence-electron chi connectivity index (χ1n) is 8.28. The molecule has 2 heterocycles. The zero-order valence-corrected chi connectivity index (χ0v) is 14.9. The number of hydrogen-bond donors (Lipinski definition) is 1. The Hall–Kier alpha value is -2.89. The number of hydrogen-bond acceptors (Lipinski definition) is 3. The minimum Gasteiger partial charge on any atom is -0.325 e. The Balaban J connectivity index is 1.80. The lowest BCUT2D eigenvalue weighted by molar-refractivity contribution is -0.116. The van der Waals surface area contributed by atoms with E-state index in [1.54, 1.807) is 24.0 Å². The van der Waals surface area contributed by atoms with Gasteiger partial charge in [-0.05, 0) is 36.1 Å². The molecule has 1 N–H and O–H groups in total. The lowest BCUT2D eigenvalue weighted by atomic mass is 10.0. The number of fused-ring (bicyclic) bond motifs is 1. The first-order chi connectivity index (χ1) is 11.9. The van der Waals surface area contributed by atoms with Gasteiger partial charge in [-0.25, -0.2) is 4.98 Å². The fraction of sp³-hybridized carbons (Fsp3) is 0.316. The third-order valence-electron chi connectivity index (χ3n) is 4.36. The van der Waals surface area contributed by atoms with Crippen molar-refractivity contribution in [2.24, 2.45) is 7.05 Å². The van der Waals surface area contributed by atoms with Crippen LogP contribution in [0.1, 0.15) is 30.9 Å². The van der Waals surface area contributed by atoms with Crippen molar-refractivity contribution in [2.45, 2.75) is 33.2 Å². The van der Waals surface area contributed by atoms with E-state index in [1.165, 1.54) is 10.1 Å². The molecule has 0 aliphatic heterocycles. The Morgan fingerprint density at radius 3 is 2.56 bits per heavy atom. The van der Waals surface area contributed by atoms with Crippen LogP contribution in [0.15, 0.2) is 41.5 Å². The SMILES string of the molecule is Cc1cc(=O)n(C)c2ncn(CC(=O)Nc3ccc(C(C)C)cc3)c12. The number of nitrogens with one attached hydrogen (secondary N) is 1. The largest absolute Gasteiger partial charge is 0.325 e. The van der Waals surface area contributed by atoms with Crippen LogP contribution in [0.25, 0.3) is 11.2 Å². The van der Waals surface area contributed by atoms with Gasteiger partial charge in [-0.1, -0.05) is 26.0 Å². The maximum absolute atomic E-state index is 12.4. The van der Waals surface area contributed by atoms with Gasteiger partial charge in [0.1, 0.15) is 6.54 Å². The topological polar surface area (TPSA) is 68.9 Å². The lowest BCUT2D eigenvalue weighted by Gasteiger charge is -2.10. The van der Waals surface area contributed by atoms with Gasteiger partial charge in [-0.15, -0.1) is 0 Å². The van der Waals surface area contributed by atoms with Crippen LogP contribution in [0.4, 0.5) is 5.69 Å². The predicted molar refractivity (Wildman–Crippen MR) is 98.9 cm³/mol. The van der Waals surface area contributed by atoms with Gasteiger partial charge in [0.25, 0.3) is 5.56 Å². The zero-order valence-electron chi connectivity index (χ0n) is 14.9. The van der Waals surface area contributed by atoms with E-state index in [1.807, 2.05) is 31.2 Å². The number of rotatable bonds is 4. The van der Waals surface area contributed by atoms with E-state index in [-0.39, 0.29) is 18.0 Å². The summed E-state index contributed by atoms with van der Waals surface area (Å²) in [4.78, 5) is 28.5. The van der Waals surface area contributed by atoms with Crippen molar-refractivity contribution >= 4 is 22.8 Å². The number of benzene rings is 1. The molecule has 0 spiro atoms. The first-order valence-corrected chi connectivity index (χ1v) is 8.28. The second-order valence-electron chi connectivity index (χ2n) is 6.59. The number of nitrogens with zero attached hydrogens (tertiary/aromatic N) is 3. The van der Waals surface area contributed by atoms with E-state index < -0.39 is 0 Å². The summed E-state index contributed by atoms with van der Waals surface area (Å²) in [6.45, 7) is 6.26. The van der Waals surface area contributed by atoms with Gasteiger partial charge in [0.05, 0.1) is 11.8 Å². The van der Waals surface area contributed by atoms with Crippen molar-refractivity contribution < 1.29 is 4.79 Å². The van der Waals surface area contributed by atoms with Crippen LogP contribution in [-0.2, 0) is 18.4 Å². The Bertz CT molecular complexity index is 981. The van der Waals surface area contributed by atoms with E-state index in [0.717, 1.165) is 16.8 Å². The molecule has 130 valence electrons. The van der Waals surface area contributed by atoms with Crippen LogP contribution in [0.5, 0.6) is 0 Å². The van der Waals surface area contributed by atoms with E-state index in [4.69, 9.17) is 0 Å². The highest BCUT2D eigenvalue weighted by Gasteiger charge is 2.13. The summed E-state index contributed by atoms with van der Waals surface area (Å²) in [7, 11) is 1.68. The Morgan fingerprint density at radius 1 is 1.24 bits per heavy atom. The summed E-state index contributed by atoms with van der Waals surface area (Å²) in [5.74, 6) is 0.321. The monoisotopic (exact) mass is 338 g/mol. The van der Waals surface area contributed by atoms with Crippen LogP contribution in [0.3, 0.4) is 0 Å². The second-order valence-corrected chi connectivity index (χ2v) is 6.59. The van der Waals surface area contributed by atoms with Crippen molar-refractivity contribution in [3.8, 4) is 0 Å². The number of pyridine rings is 1. The molecule has 0 unspecified atom stereocenters. The number of carbonyl (C=O) groups excluding carboxylic acids is 1. The van der Waals surface area contributed by atoms with Crippen LogP contribution in [0.2, 0.25) is 0 Å². The third kappa shape index (κ3) is 3.33. The first kappa shape index (κ1) is 17.0. The molecule has 0 atom stereocenters. The summed E-state index contributed by atoms with van der Waals surface area (Å²) in [6, 6.07) is 9.42. The molecule has 0 aliphatic carbocycles. The predicted octanol–water partition coefficient (Wildman–Crippen LogP) is 2.81. The van der Waals surface area contributed by atoms with Gasteiger partial charge in [-0.2, -0.15) is 0 Å². The minimum atomic E-state index is -0.134. The molecule has 1 amide bonds. The summed E-state index contributed by atoms with van der Waals surface area (Å²) in [6.07, 6.45) is 1.60. The standard InChI is InChI=1S/C19H22N4O2/c1-12(2)14-5-7-15(8-6-14)21-16(24)10-23-11-20-19-18(23)13(3)9-17(25)22(19)4/h5-9,11-12H,10H2,1-4H3,(H,21,24). The molecule has 0 aliphatic rings. The molecule has 2 aromatic heterocycles. The third-order valence-corrected chi connectivity index (χ3v) is 4.36. The smallest absolute Gasteiger partial charge is 0.252 e. The zero-order chi connectivity index (χ0) is 18.1. The highest BCUT2D eigenvalue weighted by atomic mass is 16.2. The van der Waals surface area contributed by atoms with Crippen molar-refractivity contribution in [1.29, 1.82) is 0 Å². The van der Waals surface area contributed by atoms with Crippen molar-refractivity contribution in [2.75, 3.05) is 5.32 Å². The van der Waals surface area contributed by atoms with Crippen molar-refractivity contribution in [1.82, 2.24) is 14.1 Å². The molecule has 25 heavy (non-hydrogen) atoms. The molecule has 3 aromatic rings. The molecule has 3 rings (SSSR count). The van der Waals surface area contributed by atoms with Crippen LogP contribution < -0.4 is 10.9 Å². The Kier molecular flexibility index (Phi) is 4.44. The fourth-order valence-electron chi connectivity index (χ4n) is 2.90. The number of imidazole rings is 1. The number of amides is 1. The maximum atomic E-state index is 12.4. The minimum absolute atomic E-state index is 0.107. The average molecular weight is 338 g/mol. The van der Waals surface area contributed by atoms with Gasteiger partial charge in [0, 0.05) is 18.8 Å². The van der Waals surface area contributed by atoms with Crippen LogP contribution in [-0.4, -0.2) is 20.0 Å². The molecular weight excluding hydrogens is 316 g/mol. The molecule has 1 aromatic carbocycles. The van der Waals surface area contributed by atoms with Gasteiger partial charge in [0.2, 0.25) is 5.91 Å². The summed E-state index contributed by atoms with van der Waals surface area (Å²) >= 11 is 0. The van der Waals surface area contributed by atoms with Gasteiger partial charge >= 0.3 is 0 Å². The average Bonchev–Trinajstić information content (AvgIpc) is 2.97. The van der Waals surface area contributed by atoms with Gasteiger partial charge < -0.3 is 9.88 Å². The van der Waals surface area contributed by atoms with Crippen molar-refractivity contribution in [3.63, 3.8) is 0 Å². The molecule has 0 radical (unpaired) electrons. The Labute approximate surface area is 146 Å². The van der Waals surface area contributed by atoms with E-state index in [0.29, 0.717) is 11.6 Å². The van der Waals surface area contributed by atoms with Crippen molar-refractivity contribution in [3.05, 3.63) is 58.1 Å². The second kappa shape index (κ2) is 6.55. The van der Waals surface area contributed by atoms with Crippen LogP contribution >= 0.6 is 0 Å². The summed E-state index contributed by atoms with van der Waals surface area (Å²) in [5, 5.41) is 2.90. The quantitative estimate of drug-likeness (QED) is 0.795. The molecule has 0 saturated heterocycles. The number of carbonyl (C=O) groups is 1. The van der Waals surface area contributed by atoms with Crippen LogP contribution in [0, 0.1) is 6.92 Å². The number of aromatic nitrogens is 3. The Morgan fingerprint density at radius 2 is 1.92 bits per heavy atom. The van der Waals surface area contributed by atoms with E-state index >= 15 is 0 Å². The molecule has 0 fully saturated rings. The molecule has 6 nitrogen and oxygen atoms in total. The molecule has 6 heteroatoms. The number of anilines is 1. The highest BCUT2D eigenvalue weighted by Crippen LogP contribution is 2.18. The molecular formula is C19H22N4O2. The summed E-state index contributed by atoms with van der Waals surface area (Å²) < 4.78 is 3.25. The van der Waals surface area contributed by atoms with Gasteiger partial charge in [0.15, 0.2) is 5.65 Å². The molecule has 0 bridgehead atoms. The highest BCUT2D eigenvalue weighted by molar-refractivity contribution is 5.91. The molecule has 0 saturated carbocycles. The van der Waals surface area contributed by atoms with E-state index in [2.05, 4.69) is 24.1 Å².